The first-order valence-corrected chi connectivity index (χ1v) is 4.02. The monoisotopic (exact) mass is 209 g/mol. The number of aryl methyl sites for hydroxylation is 1. The number of amides is 1. The van der Waals surface area contributed by atoms with E-state index >= 15 is 0 Å². The fraction of sp³-hybridized carbons (Fsp3) is 0.143. The van der Waals surface area contributed by atoms with Gasteiger partial charge in [-0.1, -0.05) is 0 Å². The molecule has 78 valence electrons. The molecular formula is C7H7N5O3. The van der Waals surface area contributed by atoms with Crippen molar-refractivity contribution in [3.8, 4) is 0 Å². The number of carbonyl (C=O) groups excluding carboxylic acids is 1. The van der Waals surface area contributed by atoms with Crippen LogP contribution >= 0.6 is 0 Å². The van der Waals surface area contributed by atoms with Crippen molar-refractivity contribution in [2.45, 2.75) is 6.92 Å². The van der Waals surface area contributed by atoms with Crippen molar-refractivity contribution in [1.29, 1.82) is 0 Å². The second kappa shape index (κ2) is 3.17. The average molecular weight is 209 g/mol. The van der Waals surface area contributed by atoms with Crippen molar-refractivity contribution in [3.63, 3.8) is 0 Å². The minimum absolute atomic E-state index is 0.173. The van der Waals surface area contributed by atoms with Crippen LogP contribution in [0.25, 0.3) is 5.78 Å². The zero-order valence-electron chi connectivity index (χ0n) is 7.68. The number of hydrogen-bond donors (Lipinski definition) is 3. The van der Waals surface area contributed by atoms with Gasteiger partial charge in [-0.15, -0.1) is 0 Å². The summed E-state index contributed by atoms with van der Waals surface area (Å²) in [7, 11) is 0. The molecule has 2 aromatic rings. The molecule has 0 fully saturated rings. The lowest BCUT2D eigenvalue weighted by Gasteiger charge is -1.96. The van der Waals surface area contributed by atoms with Crippen LogP contribution in [-0.2, 0) is 0 Å². The number of H-pyrrole nitrogens is 1. The largest absolute Gasteiger partial charge is 0.288 e. The molecule has 0 radical (unpaired) electrons. The second-order valence-electron chi connectivity index (χ2n) is 2.86. The molecule has 0 saturated carbocycles. The maximum absolute atomic E-state index is 11.6. The summed E-state index contributed by atoms with van der Waals surface area (Å²) < 4.78 is 1.03. The first-order chi connectivity index (χ1) is 7.13. The van der Waals surface area contributed by atoms with Crippen LogP contribution in [0, 0.1) is 6.92 Å². The topological polar surface area (TPSA) is 112 Å². The first kappa shape index (κ1) is 9.34. The molecule has 0 aliphatic heterocycles. The maximum atomic E-state index is 11.6. The summed E-state index contributed by atoms with van der Waals surface area (Å²) in [5.41, 5.74) is 0.484. The van der Waals surface area contributed by atoms with Gasteiger partial charge in [-0.3, -0.25) is 19.9 Å². The van der Waals surface area contributed by atoms with Gasteiger partial charge in [-0.25, -0.2) is 10.5 Å². The highest BCUT2D eigenvalue weighted by Gasteiger charge is 2.13. The Bertz CT molecular complexity index is 584. The third-order valence-corrected chi connectivity index (χ3v) is 1.83. The zero-order valence-corrected chi connectivity index (χ0v) is 7.68. The van der Waals surface area contributed by atoms with Gasteiger partial charge >= 0.3 is 0 Å². The lowest BCUT2D eigenvalue weighted by atomic mass is 10.3. The van der Waals surface area contributed by atoms with Gasteiger partial charge in [0, 0.05) is 6.20 Å². The number of rotatable bonds is 1. The van der Waals surface area contributed by atoms with Crippen molar-refractivity contribution < 1.29 is 10.0 Å². The van der Waals surface area contributed by atoms with Crippen molar-refractivity contribution in [2.75, 3.05) is 0 Å². The van der Waals surface area contributed by atoms with Gasteiger partial charge in [-0.2, -0.15) is 9.50 Å². The van der Waals surface area contributed by atoms with E-state index in [2.05, 4.69) is 15.1 Å². The summed E-state index contributed by atoms with van der Waals surface area (Å²) in [5, 5.41) is 11.0. The quantitative estimate of drug-likeness (QED) is 0.405. The van der Waals surface area contributed by atoms with Crippen molar-refractivity contribution in [3.05, 3.63) is 27.9 Å². The van der Waals surface area contributed by atoms with E-state index in [0.29, 0.717) is 5.82 Å². The predicted octanol–water partition coefficient (Wildman–Crippen LogP) is -1.15. The Balaban J connectivity index is 2.75. The summed E-state index contributed by atoms with van der Waals surface area (Å²) in [6, 6.07) is 0. The Kier molecular flexibility index (Phi) is 1.97. The molecule has 0 aliphatic carbocycles. The Hall–Kier alpha value is -2.22. The van der Waals surface area contributed by atoms with E-state index in [0.717, 1.165) is 10.7 Å². The van der Waals surface area contributed by atoms with E-state index in [-0.39, 0.29) is 11.3 Å². The van der Waals surface area contributed by atoms with Crippen LogP contribution in [0.5, 0.6) is 0 Å². The first-order valence-electron chi connectivity index (χ1n) is 4.02. The van der Waals surface area contributed by atoms with Gasteiger partial charge in [-0.05, 0) is 6.92 Å². The van der Waals surface area contributed by atoms with Crippen LogP contribution < -0.4 is 11.0 Å². The molecule has 15 heavy (non-hydrogen) atoms. The van der Waals surface area contributed by atoms with Crippen molar-refractivity contribution in [1.82, 2.24) is 25.1 Å². The molecule has 0 atom stereocenters. The predicted molar refractivity (Wildman–Crippen MR) is 47.6 cm³/mol. The lowest BCUT2D eigenvalue weighted by Crippen LogP contribution is -2.29. The fourth-order valence-corrected chi connectivity index (χ4v) is 1.18. The number of hydrogen-bond acceptors (Lipinski definition) is 5. The van der Waals surface area contributed by atoms with Crippen molar-refractivity contribution >= 4 is 11.7 Å². The fourth-order valence-electron chi connectivity index (χ4n) is 1.18. The van der Waals surface area contributed by atoms with E-state index in [1.807, 2.05) is 0 Å². The summed E-state index contributed by atoms with van der Waals surface area (Å²) in [4.78, 5) is 30.3. The standard InChI is InChI=1S/C7H7N5O3/c1-3-9-7-8-2-4(5(13)11-15)6(14)12(7)10-3/h2,15H,1H3,(H,11,13)(H,8,9,10). The van der Waals surface area contributed by atoms with Gasteiger partial charge in [0.15, 0.2) is 0 Å². The molecule has 0 aliphatic rings. The molecule has 0 saturated heterocycles. The van der Waals surface area contributed by atoms with Gasteiger partial charge in [0.05, 0.1) is 0 Å². The minimum atomic E-state index is -0.908. The van der Waals surface area contributed by atoms with E-state index < -0.39 is 11.5 Å². The molecule has 1 amide bonds. The van der Waals surface area contributed by atoms with Crippen LogP contribution in [0.2, 0.25) is 0 Å². The summed E-state index contributed by atoms with van der Waals surface area (Å²) in [6.07, 6.45) is 1.06. The Morgan fingerprint density at radius 1 is 1.67 bits per heavy atom. The highest BCUT2D eigenvalue weighted by molar-refractivity contribution is 5.92. The Morgan fingerprint density at radius 2 is 2.40 bits per heavy atom. The number of aromatic nitrogens is 4. The molecule has 0 bridgehead atoms. The lowest BCUT2D eigenvalue weighted by molar-refractivity contribution is 0.0704. The van der Waals surface area contributed by atoms with Gasteiger partial charge in [0.25, 0.3) is 17.2 Å². The third kappa shape index (κ3) is 1.36. The van der Waals surface area contributed by atoms with Crippen LogP contribution in [0.3, 0.4) is 0 Å². The van der Waals surface area contributed by atoms with E-state index in [4.69, 9.17) is 5.21 Å². The van der Waals surface area contributed by atoms with Crippen LogP contribution in [0.4, 0.5) is 0 Å². The van der Waals surface area contributed by atoms with Crippen LogP contribution in [0.15, 0.2) is 11.0 Å². The van der Waals surface area contributed by atoms with Gasteiger partial charge < -0.3 is 0 Å². The molecule has 0 spiro atoms. The van der Waals surface area contributed by atoms with Crippen LogP contribution in [-0.4, -0.2) is 30.7 Å². The summed E-state index contributed by atoms with van der Waals surface area (Å²) >= 11 is 0. The summed E-state index contributed by atoms with van der Waals surface area (Å²) in [5.74, 6) is -0.234. The number of nitrogens with zero attached hydrogens (tertiary/aromatic N) is 3. The molecular weight excluding hydrogens is 202 g/mol. The highest BCUT2D eigenvalue weighted by Crippen LogP contribution is 1.95. The number of hydroxylamine groups is 1. The van der Waals surface area contributed by atoms with E-state index in [1.165, 1.54) is 5.48 Å². The summed E-state index contributed by atoms with van der Waals surface area (Å²) in [6.45, 7) is 1.65. The van der Waals surface area contributed by atoms with Crippen LogP contribution in [0.1, 0.15) is 16.2 Å². The molecule has 0 unspecified atom stereocenters. The number of fused-ring (bicyclic) bond motifs is 1. The third-order valence-electron chi connectivity index (χ3n) is 1.83. The molecule has 2 rings (SSSR count). The number of nitrogens with one attached hydrogen (secondary N) is 2. The Morgan fingerprint density at radius 3 is 3.07 bits per heavy atom. The normalized spacial score (nSPS) is 10.5. The highest BCUT2D eigenvalue weighted by atomic mass is 16.5. The smallest absolute Gasteiger partial charge is 0.286 e. The second-order valence-corrected chi connectivity index (χ2v) is 2.86. The van der Waals surface area contributed by atoms with Crippen molar-refractivity contribution in [2.24, 2.45) is 0 Å². The SMILES string of the molecule is Cc1nc2ncc(C(=O)NO)c(=O)n2[nH]1. The molecule has 8 heteroatoms. The van der Waals surface area contributed by atoms with Gasteiger partial charge in [0.1, 0.15) is 11.4 Å². The molecule has 2 heterocycles. The van der Waals surface area contributed by atoms with Gasteiger partial charge in [0.2, 0.25) is 0 Å². The number of aromatic amines is 1. The zero-order chi connectivity index (χ0) is 11.0. The van der Waals surface area contributed by atoms with E-state index in [1.54, 1.807) is 6.92 Å². The minimum Gasteiger partial charge on any atom is -0.288 e. The molecule has 0 aromatic carbocycles. The molecule has 3 N–H and O–H groups in total. The molecule has 2 aromatic heterocycles. The average Bonchev–Trinajstić information content (AvgIpc) is 2.59. The Labute approximate surface area is 82.5 Å². The maximum Gasteiger partial charge on any atom is 0.286 e. The number of carbonyl (C=O) groups is 1. The molecule has 8 nitrogen and oxygen atoms in total. The van der Waals surface area contributed by atoms with E-state index in [9.17, 15) is 9.59 Å².